The predicted molar refractivity (Wildman–Crippen MR) is 59.7 cm³/mol. The second-order valence-corrected chi connectivity index (χ2v) is 3.47. The van der Waals surface area contributed by atoms with Crippen LogP contribution in [0.25, 0.3) is 0 Å². The Labute approximate surface area is 95.3 Å². The van der Waals surface area contributed by atoms with Crippen LogP contribution in [0.3, 0.4) is 0 Å². The van der Waals surface area contributed by atoms with E-state index in [9.17, 15) is 4.79 Å². The summed E-state index contributed by atoms with van der Waals surface area (Å²) in [5, 5.41) is 3.08. The zero-order valence-electron chi connectivity index (χ0n) is 9.86. The quantitative estimate of drug-likeness (QED) is 0.750. The Kier molecular flexibility index (Phi) is 4.37. The zero-order chi connectivity index (χ0) is 12.0. The fraction of sp³-hybridized carbons (Fsp3) is 0.545. The van der Waals surface area contributed by atoms with Gasteiger partial charge >= 0.3 is 5.97 Å². The van der Waals surface area contributed by atoms with E-state index in [-0.39, 0.29) is 5.97 Å². The minimum Gasteiger partial charge on any atom is -0.464 e. The smallest absolute Gasteiger partial charge is 0.332 e. The summed E-state index contributed by atoms with van der Waals surface area (Å²) in [7, 11) is 0. The summed E-state index contributed by atoms with van der Waals surface area (Å²) < 4.78 is 5.04. The molecule has 0 fully saturated rings. The summed E-state index contributed by atoms with van der Waals surface area (Å²) in [5.41, 5.74) is -0.366. The fourth-order valence-electron chi connectivity index (χ4n) is 1.45. The fourth-order valence-corrected chi connectivity index (χ4v) is 1.45. The van der Waals surface area contributed by atoms with Gasteiger partial charge in [0.1, 0.15) is 0 Å². The molecule has 1 heterocycles. The summed E-state index contributed by atoms with van der Waals surface area (Å²) in [4.78, 5) is 20.0. The molecule has 0 saturated heterocycles. The van der Waals surface area contributed by atoms with E-state index in [2.05, 4.69) is 15.3 Å². The number of carbonyl (C=O) groups excluding carboxylic acids is 1. The molecular formula is C11H17N3O2. The van der Waals surface area contributed by atoms with Crippen molar-refractivity contribution < 1.29 is 9.53 Å². The van der Waals surface area contributed by atoms with Crippen molar-refractivity contribution >= 4 is 5.97 Å². The molecule has 1 aromatic heterocycles. The molecule has 1 atom stereocenters. The lowest BCUT2D eigenvalue weighted by molar-refractivity contribution is -0.151. The molecule has 88 valence electrons. The molecule has 0 aliphatic rings. The van der Waals surface area contributed by atoms with Crippen LogP contribution in [0.2, 0.25) is 0 Å². The maximum Gasteiger partial charge on any atom is 0.332 e. The van der Waals surface area contributed by atoms with Crippen LogP contribution in [0.15, 0.2) is 18.6 Å². The molecule has 0 spiro atoms. The van der Waals surface area contributed by atoms with Crippen molar-refractivity contribution in [2.24, 2.45) is 0 Å². The van der Waals surface area contributed by atoms with Gasteiger partial charge in [0.2, 0.25) is 0 Å². The average Bonchev–Trinajstić information content (AvgIpc) is 2.30. The molecule has 5 heteroatoms. The van der Waals surface area contributed by atoms with E-state index in [4.69, 9.17) is 4.74 Å². The van der Waals surface area contributed by atoms with E-state index in [1.807, 2.05) is 6.92 Å². The molecule has 0 bridgehead atoms. The van der Waals surface area contributed by atoms with Crippen molar-refractivity contribution in [1.29, 1.82) is 0 Å². The standard InChI is InChI=1S/C11H17N3O2/c1-4-14-11(3,10(15)16-5-2)9-8-12-6-7-13-9/h6-8,14H,4-5H2,1-3H3. The normalized spacial score (nSPS) is 14.2. The topological polar surface area (TPSA) is 64.1 Å². The number of aromatic nitrogens is 2. The predicted octanol–water partition coefficient (Wildman–Crippen LogP) is 0.864. The van der Waals surface area contributed by atoms with Gasteiger partial charge in [-0.25, -0.2) is 4.79 Å². The minimum absolute atomic E-state index is 0.336. The molecule has 0 amide bonds. The van der Waals surface area contributed by atoms with E-state index in [0.717, 1.165) is 0 Å². The van der Waals surface area contributed by atoms with E-state index < -0.39 is 5.54 Å². The summed E-state index contributed by atoms with van der Waals surface area (Å²) in [5.74, 6) is -0.336. The molecule has 0 aliphatic heterocycles. The van der Waals surface area contributed by atoms with Gasteiger partial charge in [0, 0.05) is 12.4 Å². The van der Waals surface area contributed by atoms with E-state index in [0.29, 0.717) is 18.8 Å². The molecule has 1 rings (SSSR count). The van der Waals surface area contributed by atoms with Gasteiger partial charge in [0.25, 0.3) is 0 Å². The van der Waals surface area contributed by atoms with Gasteiger partial charge in [-0.1, -0.05) is 6.92 Å². The Morgan fingerprint density at radius 3 is 2.75 bits per heavy atom. The van der Waals surface area contributed by atoms with Gasteiger partial charge in [-0.05, 0) is 20.4 Å². The van der Waals surface area contributed by atoms with E-state index >= 15 is 0 Å². The summed E-state index contributed by atoms with van der Waals surface area (Å²) in [6.07, 6.45) is 4.70. The van der Waals surface area contributed by atoms with Gasteiger partial charge in [0.05, 0.1) is 18.5 Å². The van der Waals surface area contributed by atoms with Crippen molar-refractivity contribution in [3.05, 3.63) is 24.3 Å². The van der Waals surface area contributed by atoms with Crippen LogP contribution in [0.5, 0.6) is 0 Å². The Morgan fingerprint density at radius 2 is 2.25 bits per heavy atom. The van der Waals surface area contributed by atoms with Crippen molar-refractivity contribution in [1.82, 2.24) is 15.3 Å². The van der Waals surface area contributed by atoms with Crippen molar-refractivity contribution in [3.8, 4) is 0 Å². The highest BCUT2D eigenvalue weighted by Gasteiger charge is 2.37. The maximum absolute atomic E-state index is 11.9. The number of ether oxygens (including phenoxy) is 1. The van der Waals surface area contributed by atoms with Crippen LogP contribution in [0.4, 0.5) is 0 Å². The average molecular weight is 223 g/mol. The zero-order valence-corrected chi connectivity index (χ0v) is 9.86. The third-order valence-electron chi connectivity index (χ3n) is 2.29. The number of hydrogen-bond donors (Lipinski definition) is 1. The van der Waals surface area contributed by atoms with Crippen LogP contribution in [-0.4, -0.2) is 29.1 Å². The van der Waals surface area contributed by atoms with E-state index in [1.165, 1.54) is 0 Å². The SMILES string of the molecule is CCNC(C)(C(=O)OCC)c1cnccn1. The number of likely N-dealkylation sites (N-methyl/N-ethyl adjacent to an activating group) is 1. The van der Waals surface area contributed by atoms with E-state index in [1.54, 1.807) is 32.4 Å². The number of nitrogens with zero attached hydrogens (tertiary/aromatic N) is 2. The van der Waals surface area contributed by atoms with Crippen molar-refractivity contribution in [2.45, 2.75) is 26.3 Å². The summed E-state index contributed by atoms with van der Waals surface area (Å²) in [6, 6.07) is 0. The molecule has 0 aromatic carbocycles. The summed E-state index contributed by atoms with van der Waals surface area (Å²) in [6.45, 7) is 6.44. The van der Waals surface area contributed by atoms with Crippen LogP contribution < -0.4 is 5.32 Å². The highest BCUT2D eigenvalue weighted by atomic mass is 16.5. The first-order valence-corrected chi connectivity index (χ1v) is 5.33. The van der Waals surface area contributed by atoms with Crippen molar-refractivity contribution in [2.75, 3.05) is 13.2 Å². The Bertz CT molecular complexity index is 342. The Balaban J connectivity index is 3.01. The first-order valence-electron chi connectivity index (χ1n) is 5.33. The largest absolute Gasteiger partial charge is 0.464 e. The molecule has 0 saturated carbocycles. The van der Waals surface area contributed by atoms with Crippen molar-refractivity contribution in [3.63, 3.8) is 0 Å². The third kappa shape index (κ3) is 2.55. The van der Waals surface area contributed by atoms with Crippen LogP contribution >= 0.6 is 0 Å². The molecule has 1 aromatic rings. The molecule has 16 heavy (non-hydrogen) atoms. The molecule has 0 radical (unpaired) electrons. The molecule has 0 aliphatic carbocycles. The van der Waals surface area contributed by atoms with Crippen LogP contribution in [-0.2, 0) is 15.1 Å². The second-order valence-electron chi connectivity index (χ2n) is 3.47. The number of nitrogens with one attached hydrogen (secondary N) is 1. The third-order valence-corrected chi connectivity index (χ3v) is 2.29. The molecular weight excluding hydrogens is 206 g/mol. The van der Waals surface area contributed by atoms with Gasteiger partial charge in [-0.15, -0.1) is 0 Å². The second kappa shape index (κ2) is 5.55. The Morgan fingerprint density at radius 1 is 1.50 bits per heavy atom. The lowest BCUT2D eigenvalue weighted by atomic mass is 9.98. The van der Waals surface area contributed by atoms with Crippen LogP contribution in [0, 0.1) is 0 Å². The number of rotatable bonds is 5. The first-order chi connectivity index (χ1) is 7.65. The highest BCUT2D eigenvalue weighted by Crippen LogP contribution is 2.19. The van der Waals surface area contributed by atoms with Gasteiger partial charge in [-0.3, -0.25) is 15.3 Å². The number of carbonyl (C=O) groups is 1. The van der Waals surface area contributed by atoms with Gasteiger partial charge < -0.3 is 4.74 Å². The number of hydrogen-bond acceptors (Lipinski definition) is 5. The first kappa shape index (κ1) is 12.6. The molecule has 1 N–H and O–H groups in total. The molecule has 5 nitrogen and oxygen atoms in total. The highest BCUT2D eigenvalue weighted by molar-refractivity contribution is 5.81. The summed E-state index contributed by atoms with van der Waals surface area (Å²) >= 11 is 0. The lowest BCUT2D eigenvalue weighted by Crippen LogP contribution is -2.48. The van der Waals surface area contributed by atoms with Gasteiger partial charge in [0.15, 0.2) is 5.54 Å². The number of esters is 1. The minimum atomic E-state index is -0.932. The Hall–Kier alpha value is -1.49. The van der Waals surface area contributed by atoms with Gasteiger partial charge in [-0.2, -0.15) is 0 Å². The molecule has 1 unspecified atom stereocenters. The van der Waals surface area contributed by atoms with Crippen LogP contribution in [0.1, 0.15) is 26.5 Å². The lowest BCUT2D eigenvalue weighted by Gasteiger charge is -2.26. The monoisotopic (exact) mass is 223 g/mol. The maximum atomic E-state index is 11.9.